The molecule has 0 fully saturated rings. The smallest absolute Gasteiger partial charge is 0.274 e. The van der Waals surface area contributed by atoms with Crippen molar-refractivity contribution in [2.24, 2.45) is 0 Å². The number of rotatable bonds is 4. The van der Waals surface area contributed by atoms with E-state index < -0.39 is 0 Å². The van der Waals surface area contributed by atoms with Gasteiger partial charge in [-0.05, 0) is 11.4 Å². The van der Waals surface area contributed by atoms with Crippen LogP contribution < -0.4 is 5.32 Å². The van der Waals surface area contributed by atoms with E-state index in [4.69, 9.17) is 0 Å². The van der Waals surface area contributed by atoms with Gasteiger partial charge in [-0.15, -0.1) is 0 Å². The maximum Gasteiger partial charge on any atom is 0.274 e. The molecule has 1 N–H and O–H groups in total. The van der Waals surface area contributed by atoms with Crippen LogP contribution in [0.3, 0.4) is 0 Å². The maximum atomic E-state index is 10.8. The highest BCUT2D eigenvalue weighted by atomic mass is 32.1. The van der Waals surface area contributed by atoms with Gasteiger partial charge in [0.05, 0.1) is 4.92 Å². The standard InChI is InChI=1S/C11H10N2O2S/c14-13(15)11-4-2-1-3-9(11)7-12-10-5-6-16-8-10/h1-6,8,12H,7H2. The first kappa shape index (κ1) is 10.6. The van der Waals surface area contributed by atoms with Crippen molar-refractivity contribution in [3.8, 4) is 0 Å². The van der Waals surface area contributed by atoms with Gasteiger partial charge in [-0.25, -0.2) is 0 Å². The molecule has 2 rings (SSSR count). The third kappa shape index (κ3) is 2.38. The third-order valence-corrected chi connectivity index (χ3v) is 2.88. The molecule has 0 aliphatic rings. The van der Waals surface area contributed by atoms with Crippen molar-refractivity contribution in [3.05, 3.63) is 56.8 Å². The Morgan fingerprint density at radius 3 is 2.81 bits per heavy atom. The molecule has 0 atom stereocenters. The van der Waals surface area contributed by atoms with Gasteiger partial charge in [0.15, 0.2) is 0 Å². The summed E-state index contributed by atoms with van der Waals surface area (Å²) < 4.78 is 0. The first-order valence-corrected chi connectivity index (χ1v) is 5.70. The molecule has 4 nitrogen and oxygen atoms in total. The summed E-state index contributed by atoms with van der Waals surface area (Å²) in [5, 5.41) is 17.8. The average Bonchev–Trinajstić information content (AvgIpc) is 2.79. The molecule has 0 saturated carbocycles. The molecule has 0 aliphatic carbocycles. The van der Waals surface area contributed by atoms with E-state index in [-0.39, 0.29) is 10.6 Å². The van der Waals surface area contributed by atoms with Crippen molar-refractivity contribution in [1.82, 2.24) is 0 Å². The van der Waals surface area contributed by atoms with Gasteiger partial charge in [0.2, 0.25) is 0 Å². The molecule has 0 amide bonds. The van der Waals surface area contributed by atoms with Crippen LogP contribution in [-0.4, -0.2) is 4.92 Å². The minimum Gasteiger partial charge on any atom is -0.380 e. The summed E-state index contributed by atoms with van der Waals surface area (Å²) in [4.78, 5) is 10.4. The fourth-order valence-electron chi connectivity index (χ4n) is 1.40. The molecule has 82 valence electrons. The summed E-state index contributed by atoms with van der Waals surface area (Å²) in [7, 11) is 0. The number of thiophene rings is 1. The predicted octanol–water partition coefficient (Wildman–Crippen LogP) is 3.27. The summed E-state index contributed by atoms with van der Waals surface area (Å²) in [6.07, 6.45) is 0. The van der Waals surface area contributed by atoms with Gasteiger partial charge in [-0.2, -0.15) is 11.3 Å². The molecule has 0 bridgehead atoms. The fraction of sp³-hybridized carbons (Fsp3) is 0.0909. The maximum absolute atomic E-state index is 10.8. The van der Waals surface area contributed by atoms with E-state index in [0.717, 1.165) is 5.69 Å². The van der Waals surface area contributed by atoms with Gasteiger partial charge >= 0.3 is 0 Å². The van der Waals surface area contributed by atoms with Crippen LogP contribution in [0, 0.1) is 10.1 Å². The third-order valence-electron chi connectivity index (χ3n) is 2.19. The van der Waals surface area contributed by atoms with Crippen molar-refractivity contribution in [2.45, 2.75) is 6.54 Å². The van der Waals surface area contributed by atoms with Crippen molar-refractivity contribution in [3.63, 3.8) is 0 Å². The topological polar surface area (TPSA) is 55.2 Å². The van der Waals surface area contributed by atoms with E-state index in [0.29, 0.717) is 12.1 Å². The number of nitro benzene ring substituents is 1. The zero-order valence-electron chi connectivity index (χ0n) is 8.42. The van der Waals surface area contributed by atoms with Crippen LogP contribution in [0.25, 0.3) is 0 Å². The highest BCUT2D eigenvalue weighted by molar-refractivity contribution is 7.08. The molecular formula is C11H10N2O2S. The number of nitrogens with one attached hydrogen (secondary N) is 1. The highest BCUT2D eigenvalue weighted by Gasteiger charge is 2.11. The Morgan fingerprint density at radius 1 is 1.31 bits per heavy atom. The number of hydrogen-bond acceptors (Lipinski definition) is 4. The minimum absolute atomic E-state index is 0.158. The molecule has 0 saturated heterocycles. The Hall–Kier alpha value is -1.88. The molecular weight excluding hydrogens is 224 g/mol. The first-order valence-electron chi connectivity index (χ1n) is 4.76. The van der Waals surface area contributed by atoms with E-state index in [1.54, 1.807) is 29.5 Å². The molecule has 0 unspecified atom stereocenters. The highest BCUT2D eigenvalue weighted by Crippen LogP contribution is 2.20. The molecule has 0 aliphatic heterocycles. The Kier molecular flexibility index (Phi) is 3.16. The van der Waals surface area contributed by atoms with Gasteiger partial charge in [-0.1, -0.05) is 18.2 Å². The van der Waals surface area contributed by atoms with Gasteiger partial charge in [0.1, 0.15) is 0 Å². The summed E-state index contributed by atoms with van der Waals surface area (Å²) in [5.74, 6) is 0. The van der Waals surface area contributed by atoms with Crippen LogP contribution in [0.2, 0.25) is 0 Å². The Morgan fingerprint density at radius 2 is 2.12 bits per heavy atom. The lowest BCUT2D eigenvalue weighted by Crippen LogP contribution is -2.02. The molecule has 1 aromatic heterocycles. The number of nitrogens with zero attached hydrogens (tertiary/aromatic N) is 1. The number of nitro groups is 1. The number of benzene rings is 1. The molecule has 5 heteroatoms. The lowest BCUT2D eigenvalue weighted by Gasteiger charge is -2.04. The number of hydrogen-bond donors (Lipinski definition) is 1. The van der Waals surface area contributed by atoms with Gasteiger partial charge in [0.25, 0.3) is 5.69 Å². The SMILES string of the molecule is O=[N+]([O-])c1ccccc1CNc1ccsc1. The Bertz CT molecular complexity index is 482. The van der Waals surface area contributed by atoms with Gasteiger partial charge < -0.3 is 5.32 Å². The Balaban J connectivity index is 2.12. The summed E-state index contributed by atoms with van der Waals surface area (Å²) in [6.45, 7) is 0.466. The van der Waals surface area contributed by atoms with Crippen LogP contribution in [0.5, 0.6) is 0 Å². The zero-order valence-corrected chi connectivity index (χ0v) is 9.24. The van der Waals surface area contributed by atoms with Crippen LogP contribution in [-0.2, 0) is 6.54 Å². The molecule has 16 heavy (non-hydrogen) atoms. The van der Waals surface area contributed by atoms with Crippen LogP contribution in [0.15, 0.2) is 41.1 Å². The summed E-state index contributed by atoms with van der Waals surface area (Å²) in [5.41, 5.74) is 1.84. The Labute approximate surface area is 96.7 Å². The molecule has 2 aromatic rings. The lowest BCUT2D eigenvalue weighted by atomic mass is 10.2. The van der Waals surface area contributed by atoms with E-state index in [9.17, 15) is 10.1 Å². The number of anilines is 1. The first-order chi connectivity index (χ1) is 7.77. The minimum atomic E-state index is -0.357. The van der Waals surface area contributed by atoms with E-state index in [2.05, 4.69) is 5.32 Å². The van der Waals surface area contributed by atoms with Crippen LogP contribution in [0.1, 0.15) is 5.56 Å². The fourth-order valence-corrected chi connectivity index (χ4v) is 2.01. The van der Waals surface area contributed by atoms with Crippen LogP contribution in [0.4, 0.5) is 11.4 Å². The second-order valence-corrected chi connectivity index (χ2v) is 4.03. The van der Waals surface area contributed by atoms with E-state index in [1.807, 2.05) is 16.8 Å². The van der Waals surface area contributed by atoms with Crippen molar-refractivity contribution in [1.29, 1.82) is 0 Å². The molecule has 0 spiro atoms. The lowest BCUT2D eigenvalue weighted by molar-refractivity contribution is -0.385. The van der Waals surface area contributed by atoms with E-state index >= 15 is 0 Å². The quantitative estimate of drug-likeness (QED) is 0.652. The molecule has 1 heterocycles. The molecule has 0 radical (unpaired) electrons. The second-order valence-electron chi connectivity index (χ2n) is 3.25. The monoisotopic (exact) mass is 234 g/mol. The second kappa shape index (κ2) is 4.76. The van der Waals surface area contributed by atoms with Gasteiger partial charge in [-0.3, -0.25) is 10.1 Å². The number of para-hydroxylation sites is 1. The van der Waals surface area contributed by atoms with Crippen LogP contribution >= 0.6 is 11.3 Å². The van der Waals surface area contributed by atoms with Crippen molar-refractivity contribution >= 4 is 22.7 Å². The van der Waals surface area contributed by atoms with E-state index in [1.165, 1.54) is 6.07 Å². The average molecular weight is 234 g/mol. The zero-order chi connectivity index (χ0) is 11.4. The summed E-state index contributed by atoms with van der Waals surface area (Å²) in [6, 6.07) is 8.70. The molecule has 1 aromatic carbocycles. The normalized spacial score (nSPS) is 10.0. The largest absolute Gasteiger partial charge is 0.380 e. The predicted molar refractivity (Wildman–Crippen MR) is 64.7 cm³/mol. The van der Waals surface area contributed by atoms with Crippen molar-refractivity contribution in [2.75, 3.05) is 5.32 Å². The van der Waals surface area contributed by atoms with Crippen molar-refractivity contribution < 1.29 is 4.92 Å². The van der Waals surface area contributed by atoms with Gasteiger partial charge in [0, 0.05) is 29.2 Å². The summed E-state index contributed by atoms with van der Waals surface area (Å²) >= 11 is 1.59.